The second-order valence-electron chi connectivity index (χ2n) is 3.58. The van der Waals surface area contributed by atoms with E-state index >= 15 is 0 Å². The van der Waals surface area contributed by atoms with Gasteiger partial charge in [0.05, 0.1) is 0 Å². The topological polar surface area (TPSA) is 12.0 Å². The van der Waals surface area contributed by atoms with Gasteiger partial charge in [-0.25, -0.2) is 0 Å². The molecule has 0 saturated heterocycles. The highest BCUT2D eigenvalue weighted by molar-refractivity contribution is 4.85. The Kier molecular flexibility index (Phi) is 7.17. The summed E-state index contributed by atoms with van der Waals surface area (Å²) < 4.78 is 0. The molecule has 0 amide bonds. The smallest absolute Gasteiger partial charge is 0.00359 e. The second-order valence-corrected chi connectivity index (χ2v) is 3.58. The summed E-state index contributed by atoms with van der Waals surface area (Å²) in [5.74, 6) is 0.737. The van der Waals surface area contributed by atoms with E-state index in [-0.39, 0.29) is 0 Å². The van der Waals surface area contributed by atoms with Crippen molar-refractivity contribution in [3.8, 4) is 0 Å². The van der Waals surface area contributed by atoms with Crippen LogP contribution < -0.4 is 5.32 Å². The largest absolute Gasteiger partial charge is 0.317 e. The molecule has 0 aromatic heterocycles. The Bertz CT molecular complexity index is 118. The third-order valence-electron chi connectivity index (χ3n) is 2.25. The minimum absolute atomic E-state index is 0.655. The summed E-state index contributed by atoms with van der Waals surface area (Å²) >= 11 is 0. The van der Waals surface area contributed by atoms with Crippen LogP contribution in [0.2, 0.25) is 0 Å². The van der Waals surface area contributed by atoms with Gasteiger partial charge in [-0.1, -0.05) is 26.0 Å². The monoisotopic (exact) mass is 169 g/mol. The van der Waals surface area contributed by atoms with E-state index in [1.807, 2.05) is 7.05 Å². The van der Waals surface area contributed by atoms with Gasteiger partial charge in [-0.05, 0) is 39.2 Å². The molecule has 2 atom stereocenters. The lowest BCUT2D eigenvalue weighted by Crippen LogP contribution is -2.21. The lowest BCUT2D eigenvalue weighted by Gasteiger charge is -2.11. The van der Waals surface area contributed by atoms with E-state index in [4.69, 9.17) is 0 Å². The van der Waals surface area contributed by atoms with Crippen molar-refractivity contribution in [1.82, 2.24) is 5.32 Å². The first-order chi connectivity index (χ1) is 5.70. The molecule has 0 aromatic carbocycles. The molecule has 0 spiro atoms. The highest BCUT2D eigenvalue weighted by Gasteiger charge is 2.01. The van der Waals surface area contributed by atoms with Gasteiger partial charge in [-0.2, -0.15) is 0 Å². The highest BCUT2D eigenvalue weighted by Crippen LogP contribution is 2.09. The van der Waals surface area contributed by atoms with E-state index in [1.54, 1.807) is 0 Å². The molecule has 0 aliphatic heterocycles. The number of allylic oxidation sites excluding steroid dienone is 2. The van der Waals surface area contributed by atoms with Crippen LogP contribution >= 0.6 is 0 Å². The van der Waals surface area contributed by atoms with Crippen molar-refractivity contribution >= 4 is 0 Å². The van der Waals surface area contributed by atoms with Gasteiger partial charge in [0, 0.05) is 6.04 Å². The lowest BCUT2D eigenvalue weighted by molar-refractivity contribution is 0.498. The molecule has 0 aromatic rings. The maximum absolute atomic E-state index is 3.25. The van der Waals surface area contributed by atoms with Crippen LogP contribution in [0.5, 0.6) is 0 Å². The number of rotatable bonds is 6. The molecule has 1 nitrogen and oxygen atoms in total. The fourth-order valence-corrected chi connectivity index (χ4v) is 1.12. The second kappa shape index (κ2) is 7.35. The summed E-state index contributed by atoms with van der Waals surface area (Å²) in [6.45, 7) is 6.70. The summed E-state index contributed by atoms with van der Waals surface area (Å²) in [5.41, 5.74) is 0. The molecule has 1 heteroatoms. The fraction of sp³-hybridized carbons (Fsp3) is 0.818. The highest BCUT2D eigenvalue weighted by atomic mass is 14.8. The number of nitrogens with one attached hydrogen (secondary N) is 1. The van der Waals surface area contributed by atoms with Crippen molar-refractivity contribution in [2.45, 2.75) is 46.1 Å². The van der Waals surface area contributed by atoms with Gasteiger partial charge in [0.2, 0.25) is 0 Å². The molecule has 2 unspecified atom stereocenters. The van der Waals surface area contributed by atoms with Gasteiger partial charge in [0.15, 0.2) is 0 Å². The zero-order valence-electron chi connectivity index (χ0n) is 8.93. The summed E-state index contributed by atoms with van der Waals surface area (Å²) in [4.78, 5) is 0. The van der Waals surface area contributed by atoms with Crippen molar-refractivity contribution in [3.63, 3.8) is 0 Å². The fourth-order valence-electron chi connectivity index (χ4n) is 1.12. The van der Waals surface area contributed by atoms with Crippen molar-refractivity contribution in [2.24, 2.45) is 5.92 Å². The van der Waals surface area contributed by atoms with E-state index in [2.05, 4.69) is 38.2 Å². The Morgan fingerprint density at radius 3 is 2.42 bits per heavy atom. The lowest BCUT2D eigenvalue weighted by atomic mass is 10.0. The number of hydrogen-bond acceptors (Lipinski definition) is 1. The molecule has 1 N–H and O–H groups in total. The predicted molar refractivity (Wildman–Crippen MR) is 56.4 cm³/mol. The van der Waals surface area contributed by atoms with Gasteiger partial charge in [0.1, 0.15) is 0 Å². The van der Waals surface area contributed by atoms with Gasteiger partial charge in [0.25, 0.3) is 0 Å². The minimum Gasteiger partial charge on any atom is -0.317 e. The Morgan fingerprint density at radius 1 is 1.25 bits per heavy atom. The molecule has 72 valence electrons. The van der Waals surface area contributed by atoms with E-state index in [1.165, 1.54) is 12.8 Å². The van der Waals surface area contributed by atoms with E-state index in [0.717, 1.165) is 12.3 Å². The molecule has 0 aliphatic rings. The predicted octanol–water partition coefficient (Wildman–Crippen LogP) is 2.98. The van der Waals surface area contributed by atoms with Gasteiger partial charge in [-0.15, -0.1) is 0 Å². The zero-order valence-corrected chi connectivity index (χ0v) is 8.93. The average Bonchev–Trinajstić information content (AvgIpc) is 2.10. The van der Waals surface area contributed by atoms with E-state index < -0.39 is 0 Å². The maximum atomic E-state index is 3.25. The van der Waals surface area contributed by atoms with Crippen molar-refractivity contribution < 1.29 is 0 Å². The van der Waals surface area contributed by atoms with Crippen LogP contribution in [0, 0.1) is 5.92 Å². The SMILES string of the molecule is CC/C=C/C(C)CCC(C)NC. The standard InChI is InChI=1S/C11H23N/c1-5-6-7-10(2)8-9-11(3)12-4/h6-7,10-12H,5,8-9H2,1-4H3/b7-6+. The molecule has 0 aliphatic carbocycles. The third-order valence-corrected chi connectivity index (χ3v) is 2.25. The van der Waals surface area contributed by atoms with Crippen LogP contribution in [-0.2, 0) is 0 Å². The first-order valence-corrected chi connectivity index (χ1v) is 5.04. The van der Waals surface area contributed by atoms with Crippen LogP contribution in [0.4, 0.5) is 0 Å². The van der Waals surface area contributed by atoms with Crippen LogP contribution in [0.1, 0.15) is 40.0 Å². The first-order valence-electron chi connectivity index (χ1n) is 5.04. The molecule has 0 radical (unpaired) electrons. The van der Waals surface area contributed by atoms with Crippen LogP contribution in [-0.4, -0.2) is 13.1 Å². The summed E-state index contributed by atoms with van der Waals surface area (Å²) in [6.07, 6.45) is 8.30. The normalized spacial score (nSPS) is 16.7. The summed E-state index contributed by atoms with van der Waals surface area (Å²) in [6, 6.07) is 0.655. The molecule has 0 heterocycles. The quantitative estimate of drug-likeness (QED) is 0.603. The Morgan fingerprint density at radius 2 is 1.92 bits per heavy atom. The maximum Gasteiger partial charge on any atom is 0.00359 e. The van der Waals surface area contributed by atoms with Crippen LogP contribution in [0.3, 0.4) is 0 Å². The third kappa shape index (κ3) is 6.41. The van der Waals surface area contributed by atoms with Crippen LogP contribution in [0.15, 0.2) is 12.2 Å². The van der Waals surface area contributed by atoms with E-state index in [0.29, 0.717) is 6.04 Å². The first kappa shape index (κ1) is 11.7. The Labute approximate surface area is 77.2 Å². The Hall–Kier alpha value is -0.300. The van der Waals surface area contributed by atoms with Gasteiger partial charge in [-0.3, -0.25) is 0 Å². The summed E-state index contributed by atoms with van der Waals surface area (Å²) in [7, 11) is 2.03. The van der Waals surface area contributed by atoms with Crippen LogP contribution in [0.25, 0.3) is 0 Å². The van der Waals surface area contributed by atoms with Crippen molar-refractivity contribution in [1.29, 1.82) is 0 Å². The minimum atomic E-state index is 0.655. The van der Waals surface area contributed by atoms with Gasteiger partial charge < -0.3 is 5.32 Å². The molecular formula is C11H23N. The molecular weight excluding hydrogens is 146 g/mol. The van der Waals surface area contributed by atoms with Crippen molar-refractivity contribution in [3.05, 3.63) is 12.2 Å². The van der Waals surface area contributed by atoms with Gasteiger partial charge >= 0.3 is 0 Å². The zero-order chi connectivity index (χ0) is 9.40. The molecule has 0 bridgehead atoms. The molecule has 0 rings (SSSR count). The number of hydrogen-bond donors (Lipinski definition) is 1. The molecule has 0 saturated carbocycles. The Balaban J connectivity index is 3.42. The summed E-state index contributed by atoms with van der Waals surface area (Å²) in [5, 5.41) is 3.25. The molecule has 12 heavy (non-hydrogen) atoms. The van der Waals surface area contributed by atoms with Crippen molar-refractivity contribution in [2.75, 3.05) is 7.05 Å². The average molecular weight is 169 g/mol. The van der Waals surface area contributed by atoms with E-state index in [9.17, 15) is 0 Å². The molecule has 0 fully saturated rings.